The van der Waals surface area contributed by atoms with Crippen LogP contribution < -0.4 is 11.1 Å². The molecule has 3 N–H and O–H groups in total. The molecule has 2 saturated carbocycles. The average Bonchev–Trinajstić information content (AvgIpc) is 2.50. The van der Waals surface area contributed by atoms with E-state index in [1.165, 1.54) is 38.5 Å². The smallest absolute Gasteiger partial charge is 0.223 e. The summed E-state index contributed by atoms with van der Waals surface area (Å²) in [7, 11) is 0. The molecule has 1 amide bonds. The lowest BCUT2D eigenvalue weighted by atomic mass is 9.67. The third-order valence-corrected chi connectivity index (χ3v) is 5.45. The minimum absolute atomic E-state index is 0.187. The van der Waals surface area contributed by atoms with Gasteiger partial charge in [0.1, 0.15) is 0 Å². The van der Waals surface area contributed by atoms with Gasteiger partial charge in [0.15, 0.2) is 0 Å². The lowest BCUT2D eigenvalue weighted by Gasteiger charge is -2.39. The van der Waals surface area contributed by atoms with Crippen molar-refractivity contribution in [2.45, 2.75) is 77.2 Å². The Kier molecular flexibility index (Phi) is 6.34. The first kappa shape index (κ1) is 15.8. The number of hydrogen-bond acceptors (Lipinski definition) is 2. The quantitative estimate of drug-likeness (QED) is 0.785. The molecule has 3 nitrogen and oxygen atoms in total. The maximum absolute atomic E-state index is 12.4. The van der Waals surface area contributed by atoms with Crippen molar-refractivity contribution in [3.63, 3.8) is 0 Å². The third kappa shape index (κ3) is 4.21. The highest BCUT2D eigenvalue weighted by atomic mass is 16.1. The van der Waals surface area contributed by atoms with Gasteiger partial charge in [-0.3, -0.25) is 4.79 Å². The number of hydrogen-bond donors (Lipinski definition) is 2. The zero-order chi connectivity index (χ0) is 14.4. The minimum Gasteiger partial charge on any atom is -0.352 e. The maximum atomic E-state index is 12.4. The second-order valence-corrected chi connectivity index (χ2v) is 6.90. The van der Waals surface area contributed by atoms with Crippen LogP contribution in [-0.4, -0.2) is 18.5 Å². The van der Waals surface area contributed by atoms with E-state index in [1.807, 2.05) is 0 Å². The lowest BCUT2D eigenvalue weighted by molar-refractivity contribution is -0.128. The van der Waals surface area contributed by atoms with E-state index >= 15 is 0 Å². The van der Waals surface area contributed by atoms with Gasteiger partial charge in [-0.1, -0.05) is 45.4 Å². The van der Waals surface area contributed by atoms with E-state index in [1.54, 1.807) is 0 Å². The molecular weight excluding hydrogens is 248 g/mol. The molecule has 0 aromatic carbocycles. The summed E-state index contributed by atoms with van der Waals surface area (Å²) in [6.45, 7) is 2.75. The van der Waals surface area contributed by atoms with Gasteiger partial charge >= 0.3 is 0 Å². The third-order valence-electron chi connectivity index (χ3n) is 5.45. The monoisotopic (exact) mass is 280 g/mol. The normalized spacial score (nSPS) is 31.4. The molecule has 0 bridgehead atoms. The zero-order valence-electron chi connectivity index (χ0n) is 13.1. The van der Waals surface area contributed by atoms with Crippen molar-refractivity contribution in [2.75, 3.05) is 6.54 Å². The zero-order valence-corrected chi connectivity index (χ0v) is 13.1. The van der Waals surface area contributed by atoms with Crippen LogP contribution in [0.1, 0.15) is 71.1 Å². The van der Waals surface area contributed by atoms with Gasteiger partial charge in [-0.05, 0) is 37.5 Å². The summed E-state index contributed by atoms with van der Waals surface area (Å²) in [5, 5.41) is 3.20. The van der Waals surface area contributed by atoms with Gasteiger partial charge in [-0.15, -0.1) is 0 Å². The number of fused-ring (bicyclic) bond motifs is 1. The van der Waals surface area contributed by atoms with Gasteiger partial charge in [0.05, 0.1) is 0 Å². The summed E-state index contributed by atoms with van der Waals surface area (Å²) in [4.78, 5) is 12.4. The lowest BCUT2D eigenvalue weighted by Crippen LogP contribution is -2.45. The first-order valence-electron chi connectivity index (χ1n) is 8.75. The number of carbonyl (C=O) groups excluding carboxylic acids is 1. The predicted molar refractivity (Wildman–Crippen MR) is 83.3 cm³/mol. The van der Waals surface area contributed by atoms with Crippen LogP contribution in [0.5, 0.6) is 0 Å². The summed E-state index contributed by atoms with van der Waals surface area (Å²) in [6, 6.07) is 0.187. The first-order valence-corrected chi connectivity index (χ1v) is 8.75. The van der Waals surface area contributed by atoms with Gasteiger partial charge in [0.2, 0.25) is 5.91 Å². The molecule has 4 atom stereocenters. The highest BCUT2D eigenvalue weighted by Gasteiger charge is 2.35. The van der Waals surface area contributed by atoms with E-state index in [0.29, 0.717) is 6.54 Å². The molecule has 0 saturated heterocycles. The van der Waals surface area contributed by atoms with Crippen LogP contribution >= 0.6 is 0 Å². The predicted octanol–water partition coefficient (Wildman–Crippen LogP) is 3.23. The van der Waals surface area contributed by atoms with Crippen LogP contribution in [0.3, 0.4) is 0 Å². The molecule has 2 aliphatic carbocycles. The van der Waals surface area contributed by atoms with Crippen molar-refractivity contribution in [1.29, 1.82) is 0 Å². The highest BCUT2D eigenvalue weighted by molar-refractivity contribution is 5.79. The number of amides is 1. The van der Waals surface area contributed by atoms with Gasteiger partial charge < -0.3 is 11.1 Å². The Morgan fingerprint density at radius 3 is 2.65 bits per heavy atom. The van der Waals surface area contributed by atoms with Crippen LogP contribution in [0.2, 0.25) is 0 Å². The Labute approximate surface area is 124 Å². The van der Waals surface area contributed by atoms with Gasteiger partial charge in [0.25, 0.3) is 0 Å². The number of carbonyl (C=O) groups is 1. The Balaban J connectivity index is 1.80. The Hall–Kier alpha value is -0.570. The minimum atomic E-state index is 0.187. The fraction of sp³-hybridized carbons (Fsp3) is 0.941. The number of nitrogens with two attached hydrogens (primary N) is 1. The van der Waals surface area contributed by atoms with E-state index in [9.17, 15) is 4.79 Å². The Morgan fingerprint density at radius 2 is 1.95 bits per heavy atom. The van der Waals surface area contributed by atoms with Crippen molar-refractivity contribution in [2.24, 2.45) is 23.5 Å². The fourth-order valence-corrected chi connectivity index (χ4v) is 4.13. The molecule has 2 rings (SSSR count). The van der Waals surface area contributed by atoms with Gasteiger partial charge in [-0.25, -0.2) is 0 Å². The maximum Gasteiger partial charge on any atom is 0.223 e. The topological polar surface area (TPSA) is 55.1 Å². The Bertz CT molecular complexity index is 305. The molecule has 3 heteroatoms. The Morgan fingerprint density at radius 1 is 1.20 bits per heavy atom. The molecule has 116 valence electrons. The molecule has 2 fully saturated rings. The fourth-order valence-electron chi connectivity index (χ4n) is 4.13. The molecule has 0 spiro atoms. The van der Waals surface area contributed by atoms with E-state index in [2.05, 4.69) is 12.2 Å². The largest absolute Gasteiger partial charge is 0.352 e. The second-order valence-electron chi connectivity index (χ2n) is 6.90. The van der Waals surface area contributed by atoms with Crippen molar-refractivity contribution in [3.8, 4) is 0 Å². The molecule has 0 heterocycles. The molecule has 0 aliphatic heterocycles. The summed E-state index contributed by atoms with van der Waals surface area (Å²) in [5.41, 5.74) is 5.78. The number of nitrogens with one attached hydrogen (secondary N) is 1. The van der Waals surface area contributed by atoms with Crippen LogP contribution in [0.25, 0.3) is 0 Å². The molecular formula is C17H32N2O. The number of unbranched alkanes of at least 4 members (excludes halogenated alkanes) is 1. The van der Waals surface area contributed by atoms with E-state index < -0.39 is 0 Å². The van der Waals surface area contributed by atoms with Gasteiger partial charge in [-0.2, -0.15) is 0 Å². The SMILES string of the molecule is CCCCC(CN)NC(=O)C1CCC2CCCCC2C1. The van der Waals surface area contributed by atoms with E-state index in [4.69, 9.17) is 5.73 Å². The van der Waals surface area contributed by atoms with E-state index in [0.717, 1.165) is 37.5 Å². The second kappa shape index (κ2) is 8.02. The summed E-state index contributed by atoms with van der Waals surface area (Å²) in [5.74, 6) is 2.27. The van der Waals surface area contributed by atoms with Crippen molar-refractivity contribution >= 4 is 5.91 Å². The van der Waals surface area contributed by atoms with Crippen LogP contribution in [0.15, 0.2) is 0 Å². The van der Waals surface area contributed by atoms with Crippen LogP contribution in [-0.2, 0) is 4.79 Å². The molecule has 0 aromatic heterocycles. The van der Waals surface area contributed by atoms with Crippen molar-refractivity contribution < 1.29 is 4.79 Å². The molecule has 4 unspecified atom stereocenters. The first-order chi connectivity index (χ1) is 9.74. The summed E-state index contributed by atoms with van der Waals surface area (Å²) < 4.78 is 0. The molecule has 2 aliphatic rings. The van der Waals surface area contributed by atoms with Crippen molar-refractivity contribution in [3.05, 3.63) is 0 Å². The van der Waals surface area contributed by atoms with Crippen LogP contribution in [0, 0.1) is 17.8 Å². The summed E-state index contributed by atoms with van der Waals surface area (Å²) in [6.07, 6.45) is 12.4. The van der Waals surface area contributed by atoms with Gasteiger partial charge in [0, 0.05) is 18.5 Å². The standard InChI is InChI=1S/C17H32N2O/c1-2-3-8-16(12-18)19-17(20)15-10-9-13-6-4-5-7-14(13)11-15/h13-16H,2-12,18H2,1H3,(H,19,20). The van der Waals surface area contributed by atoms with Crippen LogP contribution in [0.4, 0.5) is 0 Å². The molecule has 0 aromatic rings. The average molecular weight is 280 g/mol. The molecule has 0 radical (unpaired) electrons. The summed E-state index contributed by atoms with van der Waals surface area (Å²) >= 11 is 0. The van der Waals surface area contributed by atoms with E-state index in [-0.39, 0.29) is 17.9 Å². The highest BCUT2D eigenvalue weighted by Crippen LogP contribution is 2.42. The number of rotatable bonds is 6. The van der Waals surface area contributed by atoms with Crippen molar-refractivity contribution in [1.82, 2.24) is 5.32 Å². The molecule has 20 heavy (non-hydrogen) atoms.